The lowest BCUT2D eigenvalue weighted by Gasteiger charge is -2.34. The number of piperazine rings is 1. The van der Waals surface area contributed by atoms with Gasteiger partial charge in [-0.3, -0.25) is 9.69 Å². The van der Waals surface area contributed by atoms with Crippen LogP contribution in [0.25, 0.3) is 5.57 Å². The fourth-order valence-corrected chi connectivity index (χ4v) is 5.27. The van der Waals surface area contributed by atoms with E-state index >= 15 is 0 Å². The first kappa shape index (κ1) is 28.0. The van der Waals surface area contributed by atoms with Gasteiger partial charge in [0.2, 0.25) is 0 Å². The molecule has 0 radical (unpaired) electrons. The van der Waals surface area contributed by atoms with E-state index in [0.29, 0.717) is 44.9 Å². The minimum atomic E-state index is -2.46. The maximum absolute atomic E-state index is 13.3. The zero-order valence-electron chi connectivity index (χ0n) is 23.3. The first-order chi connectivity index (χ1) is 19.1. The van der Waals surface area contributed by atoms with Crippen molar-refractivity contribution in [3.8, 4) is 0 Å². The van der Waals surface area contributed by atoms with E-state index in [4.69, 9.17) is 4.74 Å². The summed E-state index contributed by atoms with van der Waals surface area (Å²) in [6, 6.07) is 12.6. The van der Waals surface area contributed by atoms with E-state index in [1.165, 1.54) is 17.7 Å². The predicted octanol–water partition coefficient (Wildman–Crippen LogP) is 5.62. The zero-order valence-corrected chi connectivity index (χ0v) is 23.3. The lowest BCUT2D eigenvalue weighted by molar-refractivity contribution is -0.125. The highest BCUT2D eigenvalue weighted by atomic mass is 19.3. The van der Waals surface area contributed by atoms with Crippen molar-refractivity contribution in [1.29, 1.82) is 0 Å². The van der Waals surface area contributed by atoms with Crippen molar-refractivity contribution in [2.75, 3.05) is 39.3 Å². The molecule has 2 amide bonds. The molecule has 5 rings (SSSR count). The molecule has 0 unspecified atom stereocenters. The molecule has 3 aliphatic rings. The summed E-state index contributed by atoms with van der Waals surface area (Å²) in [6.07, 6.45) is 0.573. The van der Waals surface area contributed by atoms with Crippen LogP contribution in [0.4, 0.5) is 19.3 Å². The molecule has 212 valence electrons. The van der Waals surface area contributed by atoms with Crippen LogP contribution in [0.1, 0.15) is 55.9 Å². The second kappa shape index (κ2) is 11.5. The summed E-state index contributed by atoms with van der Waals surface area (Å²) in [5.74, 6) is -0.0245. The first-order valence-corrected chi connectivity index (χ1v) is 13.8. The Balaban J connectivity index is 1.13. The molecule has 0 aromatic heterocycles. The summed E-state index contributed by atoms with van der Waals surface area (Å²) in [5, 5.41) is 0. The molecular weight excluding hydrogens is 514 g/mol. The maximum atomic E-state index is 13.3. The topological polar surface area (TPSA) is 65.5 Å². The highest BCUT2D eigenvalue weighted by Gasteiger charge is 2.29. The third-order valence-electron chi connectivity index (χ3n) is 7.47. The Morgan fingerprint density at radius 2 is 1.70 bits per heavy atom. The number of benzene rings is 2. The molecular formula is C31H36F2N4O3. The molecule has 2 aromatic rings. The standard InChI is InChI=1S/C31H36F2N4O3/c1-31(2,3)40-30(39)37-12-10-22(11-13-37)24-8-9-26-25(18-24)19-27(34-26)29(38)36-16-14-35(15-17-36)20-21-4-6-23(7-5-21)28(32)33/h4-10,18,28H,11-17,19-20H2,1-3H3. The first-order valence-electron chi connectivity index (χ1n) is 13.8. The van der Waals surface area contributed by atoms with Gasteiger partial charge in [0.1, 0.15) is 11.3 Å². The van der Waals surface area contributed by atoms with E-state index in [9.17, 15) is 18.4 Å². The highest BCUT2D eigenvalue weighted by Crippen LogP contribution is 2.32. The van der Waals surface area contributed by atoms with Gasteiger partial charge in [0.05, 0.1) is 5.69 Å². The molecule has 1 saturated heterocycles. The minimum Gasteiger partial charge on any atom is -0.444 e. The Bertz CT molecular complexity index is 1320. The van der Waals surface area contributed by atoms with Crippen molar-refractivity contribution >= 4 is 29.0 Å². The monoisotopic (exact) mass is 550 g/mol. The van der Waals surface area contributed by atoms with Gasteiger partial charge in [0.25, 0.3) is 12.3 Å². The van der Waals surface area contributed by atoms with Crippen molar-refractivity contribution in [2.45, 2.75) is 52.2 Å². The average molecular weight is 551 g/mol. The largest absolute Gasteiger partial charge is 0.444 e. The Kier molecular flexibility index (Phi) is 8.03. The molecule has 1 fully saturated rings. The normalized spacial score (nSPS) is 17.9. The Hall–Kier alpha value is -3.59. The number of amides is 2. The number of aliphatic imine (C=N–C) groups is 1. The Morgan fingerprint density at radius 3 is 2.33 bits per heavy atom. The summed E-state index contributed by atoms with van der Waals surface area (Å²) >= 11 is 0. The fourth-order valence-electron chi connectivity index (χ4n) is 5.27. The maximum Gasteiger partial charge on any atom is 0.410 e. The van der Waals surface area contributed by atoms with E-state index < -0.39 is 12.0 Å². The van der Waals surface area contributed by atoms with E-state index in [0.717, 1.165) is 41.9 Å². The fraction of sp³-hybridized carbons (Fsp3) is 0.452. The molecule has 0 aliphatic carbocycles. The van der Waals surface area contributed by atoms with Crippen LogP contribution >= 0.6 is 0 Å². The number of hydrogen-bond donors (Lipinski definition) is 0. The van der Waals surface area contributed by atoms with Crippen LogP contribution in [0, 0.1) is 0 Å². The van der Waals surface area contributed by atoms with Gasteiger partial charge in [-0.25, -0.2) is 18.6 Å². The quantitative estimate of drug-likeness (QED) is 0.485. The van der Waals surface area contributed by atoms with Crippen molar-refractivity contribution < 1.29 is 23.1 Å². The molecule has 40 heavy (non-hydrogen) atoms. The van der Waals surface area contributed by atoms with Crippen LogP contribution in [0.5, 0.6) is 0 Å². The predicted molar refractivity (Wildman–Crippen MR) is 151 cm³/mol. The summed E-state index contributed by atoms with van der Waals surface area (Å²) in [6.45, 7) is 10.0. The number of fused-ring (bicyclic) bond motifs is 1. The van der Waals surface area contributed by atoms with E-state index in [-0.39, 0.29) is 17.6 Å². The number of carbonyl (C=O) groups excluding carboxylic acids is 2. The van der Waals surface area contributed by atoms with Crippen LogP contribution in [-0.2, 0) is 22.5 Å². The van der Waals surface area contributed by atoms with Gasteiger partial charge in [0, 0.05) is 57.8 Å². The van der Waals surface area contributed by atoms with Crippen LogP contribution < -0.4 is 0 Å². The number of carbonyl (C=O) groups is 2. The van der Waals surface area contributed by atoms with Gasteiger partial charge in [-0.15, -0.1) is 0 Å². The van der Waals surface area contributed by atoms with Gasteiger partial charge in [-0.05, 0) is 61.6 Å². The van der Waals surface area contributed by atoms with Gasteiger partial charge in [-0.1, -0.05) is 36.4 Å². The molecule has 9 heteroatoms. The number of rotatable bonds is 5. The van der Waals surface area contributed by atoms with E-state index in [1.807, 2.05) is 37.8 Å². The average Bonchev–Trinajstić information content (AvgIpc) is 3.36. The third kappa shape index (κ3) is 6.58. The molecule has 0 atom stereocenters. The highest BCUT2D eigenvalue weighted by molar-refractivity contribution is 6.40. The van der Waals surface area contributed by atoms with Crippen LogP contribution in [0.3, 0.4) is 0 Å². The molecule has 0 saturated carbocycles. The summed E-state index contributed by atoms with van der Waals surface area (Å²) in [5.41, 5.74) is 5.23. The van der Waals surface area contributed by atoms with Crippen molar-refractivity contribution in [1.82, 2.24) is 14.7 Å². The molecule has 3 aliphatic heterocycles. The molecule has 0 N–H and O–H groups in total. The second-order valence-electron chi connectivity index (χ2n) is 11.6. The van der Waals surface area contributed by atoms with Crippen LogP contribution in [0.2, 0.25) is 0 Å². The molecule has 7 nitrogen and oxygen atoms in total. The van der Waals surface area contributed by atoms with Gasteiger partial charge in [-0.2, -0.15) is 0 Å². The number of nitrogens with zero attached hydrogens (tertiary/aromatic N) is 4. The number of halogens is 2. The number of ether oxygens (including phenoxy) is 1. The molecule has 0 spiro atoms. The van der Waals surface area contributed by atoms with E-state index in [2.05, 4.69) is 22.0 Å². The second-order valence-corrected chi connectivity index (χ2v) is 11.6. The lowest BCUT2D eigenvalue weighted by Crippen LogP contribution is -2.50. The number of alkyl halides is 2. The SMILES string of the molecule is CC(C)(C)OC(=O)N1CC=C(c2ccc3c(c2)CC(C(=O)N2CCN(Cc4ccc(C(F)F)cc4)CC2)=N3)CC1. The van der Waals surface area contributed by atoms with Gasteiger partial charge < -0.3 is 14.5 Å². The molecule has 3 heterocycles. The van der Waals surface area contributed by atoms with Crippen molar-refractivity contribution in [2.24, 2.45) is 4.99 Å². The minimum absolute atomic E-state index is 0.0245. The molecule has 0 bridgehead atoms. The van der Waals surface area contributed by atoms with Crippen molar-refractivity contribution in [3.63, 3.8) is 0 Å². The zero-order chi connectivity index (χ0) is 28.4. The number of hydrogen-bond acceptors (Lipinski definition) is 5. The summed E-state index contributed by atoms with van der Waals surface area (Å²) in [4.78, 5) is 36.1. The van der Waals surface area contributed by atoms with Crippen LogP contribution in [-0.4, -0.2) is 77.3 Å². The van der Waals surface area contributed by atoms with Crippen LogP contribution in [0.15, 0.2) is 53.5 Å². The summed E-state index contributed by atoms with van der Waals surface area (Å²) < 4.78 is 31.1. The smallest absolute Gasteiger partial charge is 0.410 e. The lowest BCUT2D eigenvalue weighted by atomic mass is 9.96. The summed E-state index contributed by atoms with van der Waals surface area (Å²) in [7, 11) is 0. The van der Waals surface area contributed by atoms with Gasteiger partial charge in [0.15, 0.2) is 0 Å². The Labute approximate surface area is 234 Å². The third-order valence-corrected chi connectivity index (χ3v) is 7.47. The Morgan fingerprint density at radius 1 is 0.975 bits per heavy atom. The van der Waals surface area contributed by atoms with E-state index in [1.54, 1.807) is 17.0 Å². The molecule has 2 aromatic carbocycles. The van der Waals surface area contributed by atoms with Crippen molar-refractivity contribution in [3.05, 3.63) is 70.8 Å². The van der Waals surface area contributed by atoms with Gasteiger partial charge >= 0.3 is 6.09 Å².